The van der Waals surface area contributed by atoms with Crippen LogP contribution >= 0.6 is 0 Å². The van der Waals surface area contributed by atoms with Gasteiger partial charge in [-0.15, -0.1) is 0 Å². The van der Waals surface area contributed by atoms with Crippen LogP contribution in [0.1, 0.15) is 6.42 Å². The summed E-state index contributed by atoms with van der Waals surface area (Å²) in [5.41, 5.74) is -6.08. The van der Waals surface area contributed by atoms with E-state index in [1.165, 1.54) is 0 Å². The van der Waals surface area contributed by atoms with Gasteiger partial charge in [0.15, 0.2) is 5.83 Å². The Morgan fingerprint density at radius 3 is 1.59 bits per heavy atom. The van der Waals surface area contributed by atoms with Crippen LogP contribution in [0.5, 0.6) is 0 Å². The Labute approximate surface area is 86.9 Å². The molecule has 100 valence electrons. The molecule has 0 N–H and O–H groups in total. The van der Waals surface area contributed by atoms with Crippen LogP contribution in [0.2, 0.25) is 0 Å². The largest absolute Gasteiger partial charge is 0.435 e. The van der Waals surface area contributed by atoms with Crippen molar-refractivity contribution in [3.63, 3.8) is 0 Å². The summed E-state index contributed by atoms with van der Waals surface area (Å²) < 4.78 is 124. The third-order valence-electron chi connectivity index (χ3n) is 2.15. The second kappa shape index (κ2) is 3.29. The zero-order valence-corrected chi connectivity index (χ0v) is 7.49. The Morgan fingerprint density at radius 2 is 1.24 bits per heavy atom. The topological polar surface area (TPSA) is 0 Å². The summed E-state index contributed by atoms with van der Waals surface area (Å²) in [5, 5.41) is 0. The molecular formula is C7H2F10. The van der Waals surface area contributed by atoms with E-state index in [2.05, 4.69) is 0 Å². The maximum absolute atomic E-state index is 13.0. The minimum Gasteiger partial charge on any atom is -0.219 e. The summed E-state index contributed by atoms with van der Waals surface area (Å²) in [7, 11) is 0. The first-order chi connectivity index (χ1) is 7.27. The molecule has 0 saturated heterocycles. The van der Waals surface area contributed by atoms with Crippen molar-refractivity contribution in [1.29, 1.82) is 0 Å². The smallest absolute Gasteiger partial charge is 0.219 e. The molecule has 0 heterocycles. The second-order valence-electron chi connectivity index (χ2n) is 3.37. The molecule has 1 atom stereocenters. The summed E-state index contributed by atoms with van der Waals surface area (Å²) in [5.74, 6) is -18.3. The highest BCUT2D eigenvalue weighted by molar-refractivity contribution is 5.31. The first kappa shape index (κ1) is 14.1. The molecule has 0 saturated carbocycles. The third-order valence-corrected chi connectivity index (χ3v) is 2.15. The fourth-order valence-electron chi connectivity index (χ4n) is 1.28. The predicted molar refractivity (Wildman–Crippen MR) is 33.6 cm³/mol. The first-order valence-corrected chi connectivity index (χ1v) is 3.85. The molecule has 1 aliphatic carbocycles. The summed E-state index contributed by atoms with van der Waals surface area (Å²) in [6.45, 7) is 0. The molecule has 0 radical (unpaired) electrons. The van der Waals surface area contributed by atoms with Crippen LogP contribution in [-0.2, 0) is 0 Å². The molecule has 0 spiro atoms. The third kappa shape index (κ3) is 1.68. The number of hydrogen-bond donors (Lipinski definition) is 0. The molecule has 1 rings (SSSR count). The number of halogens is 10. The second-order valence-corrected chi connectivity index (χ2v) is 3.37. The fourth-order valence-corrected chi connectivity index (χ4v) is 1.28. The Kier molecular flexibility index (Phi) is 2.73. The van der Waals surface area contributed by atoms with Gasteiger partial charge < -0.3 is 0 Å². The highest BCUT2D eigenvalue weighted by atomic mass is 19.4. The van der Waals surface area contributed by atoms with E-state index < -0.39 is 41.8 Å². The van der Waals surface area contributed by atoms with Crippen LogP contribution in [0.3, 0.4) is 0 Å². The van der Waals surface area contributed by atoms with E-state index in [1.54, 1.807) is 0 Å². The van der Waals surface area contributed by atoms with Crippen LogP contribution in [0.25, 0.3) is 0 Å². The lowest BCUT2D eigenvalue weighted by atomic mass is 9.84. The van der Waals surface area contributed by atoms with E-state index in [1.807, 2.05) is 0 Å². The Morgan fingerprint density at radius 1 is 0.824 bits per heavy atom. The molecule has 1 aliphatic rings. The molecule has 0 aromatic heterocycles. The van der Waals surface area contributed by atoms with Crippen molar-refractivity contribution in [2.24, 2.45) is 0 Å². The van der Waals surface area contributed by atoms with E-state index in [4.69, 9.17) is 0 Å². The van der Waals surface area contributed by atoms with Crippen LogP contribution in [0.15, 0.2) is 11.7 Å². The molecule has 0 nitrogen and oxygen atoms in total. The van der Waals surface area contributed by atoms with E-state index in [0.29, 0.717) is 0 Å². The van der Waals surface area contributed by atoms with Crippen LogP contribution < -0.4 is 0 Å². The van der Waals surface area contributed by atoms with Gasteiger partial charge in [-0.3, -0.25) is 0 Å². The predicted octanol–water partition coefficient (Wildman–Crippen LogP) is 4.08. The average molecular weight is 276 g/mol. The van der Waals surface area contributed by atoms with Crippen molar-refractivity contribution in [3.05, 3.63) is 11.7 Å². The molecule has 17 heavy (non-hydrogen) atoms. The lowest BCUT2D eigenvalue weighted by Gasteiger charge is -2.38. The quantitative estimate of drug-likeness (QED) is 0.585. The van der Waals surface area contributed by atoms with Crippen molar-refractivity contribution in [2.45, 2.75) is 30.1 Å². The fraction of sp³-hybridized carbons (Fsp3) is 0.714. The van der Waals surface area contributed by atoms with Crippen molar-refractivity contribution in [1.82, 2.24) is 0 Å². The molecule has 0 aromatic carbocycles. The van der Waals surface area contributed by atoms with Gasteiger partial charge in [0.05, 0.1) is 6.42 Å². The monoisotopic (exact) mass is 276 g/mol. The maximum Gasteiger partial charge on any atom is 0.435 e. The molecule has 0 bridgehead atoms. The molecule has 1 unspecified atom stereocenters. The normalized spacial score (nSPS) is 32.8. The standard InChI is InChI=1S/C7H2F10/c8-2-3(9)6(14,7(15,16)17)5(12,13)1-4(2,10)11/h1H2. The Balaban J connectivity index is 3.56. The summed E-state index contributed by atoms with van der Waals surface area (Å²) >= 11 is 0. The van der Waals surface area contributed by atoms with Crippen molar-refractivity contribution >= 4 is 0 Å². The van der Waals surface area contributed by atoms with Gasteiger partial charge in [0.2, 0.25) is 5.83 Å². The van der Waals surface area contributed by atoms with Gasteiger partial charge in [-0.25, -0.2) is 22.0 Å². The molecule has 0 fully saturated rings. The van der Waals surface area contributed by atoms with Crippen molar-refractivity contribution < 1.29 is 43.9 Å². The highest BCUT2D eigenvalue weighted by Crippen LogP contribution is 2.59. The van der Waals surface area contributed by atoms with Gasteiger partial charge in [-0.1, -0.05) is 0 Å². The molecule has 0 amide bonds. The van der Waals surface area contributed by atoms with Crippen molar-refractivity contribution in [3.8, 4) is 0 Å². The van der Waals surface area contributed by atoms with Gasteiger partial charge in [0, 0.05) is 0 Å². The lowest BCUT2D eigenvalue weighted by molar-refractivity contribution is -0.310. The SMILES string of the molecule is FC1=C(F)C(F)(C(F)(F)F)C(F)(F)CC1(F)F. The highest BCUT2D eigenvalue weighted by Gasteiger charge is 2.79. The zero-order chi connectivity index (χ0) is 13.9. The first-order valence-electron chi connectivity index (χ1n) is 3.85. The number of allylic oxidation sites excluding steroid dienone is 2. The van der Waals surface area contributed by atoms with Crippen molar-refractivity contribution in [2.75, 3.05) is 0 Å². The van der Waals surface area contributed by atoms with Gasteiger partial charge in [-0.2, -0.15) is 22.0 Å². The van der Waals surface area contributed by atoms with Crippen LogP contribution in [0, 0.1) is 0 Å². The number of hydrogen-bond acceptors (Lipinski definition) is 0. The van der Waals surface area contributed by atoms with E-state index in [9.17, 15) is 43.9 Å². The number of alkyl halides is 8. The van der Waals surface area contributed by atoms with Gasteiger partial charge in [0.25, 0.3) is 0 Å². The summed E-state index contributed by atoms with van der Waals surface area (Å²) in [4.78, 5) is 0. The average Bonchev–Trinajstić information content (AvgIpc) is 2.08. The van der Waals surface area contributed by atoms with Gasteiger partial charge >= 0.3 is 23.7 Å². The summed E-state index contributed by atoms with van der Waals surface area (Å²) in [6, 6.07) is 0. The van der Waals surface area contributed by atoms with E-state index >= 15 is 0 Å². The van der Waals surface area contributed by atoms with Crippen LogP contribution in [0.4, 0.5) is 43.9 Å². The Hall–Kier alpha value is -0.960. The van der Waals surface area contributed by atoms with E-state index in [-0.39, 0.29) is 0 Å². The minimum absolute atomic E-state index is 3.10. The Bertz CT molecular complexity index is 363. The number of rotatable bonds is 0. The van der Waals surface area contributed by atoms with Gasteiger partial charge in [0.1, 0.15) is 0 Å². The van der Waals surface area contributed by atoms with E-state index in [0.717, 1.165) is 0 Å². The molecular weight excluding hydrogens is 274 g/mol. The lowest BCUT2D eigenvalue weighted by Crippen LogP contribution is -2.61. The summed E-state index contributed by atoms with van der Waals surface area (Å²) in [6.07, 6.45) is -9.66. The zero-order valence-electron chi connectivity index (χ0n) is 7.49. The van der Waals surface area contributed by atoms with Crippen LogP contribution in [-0.4, -0.2) is 23.7 Å². The molecule has 0 aromatic rings. The minimum atomic E-state index is -6.56. The maximum atomic E-state index is 13.0. The molecule has 10 heteroatoms. The molecule has 0 aliphatic heterocycles. The van der Waals surface area contributed by atoms with Gasteiger partial charge in [-0.05, 0) is 0 Å².